The van der Waals surface area contributed by atoms with Crippen LogP contribution in [0.1, 0.15) is 12.8 Å². The fraction of sp³-hybridized carbons (Fsp3) is 0.875. The van der Waals surface area contributed by atoms with Crippen LogP contribution in [-0.2, 0) is 9.09 Å². The highest BCUT2D eigenvalue weighted by molar-refractivity contribution is 7.46. The molecule has 0 aromatic heterocycles. The first-order valence-corrected chi connectivity index (χ1v) is 6.73. The number of rotatable bonds is 9. The largest absolute Gasteiger partial charge is 0.469 e. The second-order valence-corrected chi connectivity index (χ2v) is 5.08. The maximum Gasteiger partial charge on any atom is 0.469 e. The Hall–Kier alpha value is -0.540. The van der Waals surface area contributed by atoms with E-state index in [1.165, 1.54) is 6.34 Å². The molecule has 0 spiro atoms. The van der Waals surface area contributed by atoms with Crippen molar-refractivity contribution >= 4 is 14.2 Å². The predicted molar refractivity (Wildman–Crippen MR) is 64.8 cm³/mol. The molecule has 0 bridgehead atoms. The van der Waals surface area contributed by atoms with Crippen LogP contribution in [0.3, 0.4) is 0 Å². The van der Waals surface area contributed by atoms with Gasteiger partial charge in [0.2, 0.25) is 0 Å². The molecule has 0 fully saturated rings. The number of aliphatic hydroxyl groups is 2. The molecule has 108 valence electrons. The van der Waals surface area contributed by atoms with Crippen LogP contribution in [-0.4, -0.2) is 58.4 Å². The first-order valence-electron chi connectivity index (χ1n) is 5.20. The van der Waals surface area contributed by atoms with Crippen LogP contribution in [0.25, 0.3) is 0 Å². The molecule has 2 atom stereocenters. The number of phosphoric acid groups is 1. The molecular formula is C8H20N3O6P. The third kappa shape index (κ3) is 10.6. The lowest BCUT2D eigenvalue weighted by Gasteiger charge is -2.25. The number of nitrogens with one attached hydrogen (secondary N) is 1. The summed E-state index contributed by atoms with van der Waals surface area (Å²) in [6.45, 7) is -0.260. The number of aliphatic imine (C=N–C) groups is 1. The molecule has 9 nitrogen and oxygen atoms in total. The number of hydrogen-bond donors (Lipinski definition) is 6. The molecule has 0 heterocycles. The topological polar surface area (TPSA) is 158 Å². The molecule has 0 radical (unpaired) electrons. The highest BCUT2D eigenvalue weighted by Gasteiger charge is 2.26. The lowest BCUT2D eigenvalue weighted by Crippen LogP contribution is -2.45. The molecule has 0 amide bonds. The van der Waals surface area contributed by atoms with Crippen molar-refractivity contribution in [3.63, 3.8) is 0 Å². The summed E-state index contributed by atoms with van der Waals surface area (Å²) >= 11 is 0. The van der Waals surface area contributed by atoms with Crippen molar-refractivity contribution in [3.8, 4) is 0 Å². The van der Waals surface area contributed by atoms with Gasteiger partial charge in [-0.1, -0.05) is 0 Å². The van der Waals surface area contributed by atoms with Gasteiger partial charge in [-0.2, -0.15) is 0 Å². The minimum atomic E-state index is -4.63. The lowest BCUT2D eigenvalue weighted by atomic mass is 10.0. The van der Waals surface area contributed by atoms with E-state index in [9.17, 15) is 14.8 Å². The van der Waals surface area contributed by atoms with Gasteiger partial charge < -0.3 is 31.1 Å². The summed E-state index contributed by atoms with van der Waals surface area (Å²) in [5.41, 5.74) is 3.84. The summed E-state index contributed by atoms with van der Waals surface area (Å²) < 4.78 is 14.5. The van der Waals surface area contributed by atoms with Crippen molar-refractivity contribution in [1.82, 2.24) is 5.32 Å². The highest BCUT2D eigenvalue weighted by Crippen LogP contribution is 2.35. The molecule has 0 saturated heterocycles. The summed E-state index contributed by atoms with van der Waals surface area (Å²) in [5.74, 6) is 0. The predicted octanol–water partition coefficient (Wildman–Crippen LogP) is -1.87. The third-order valence-electron chi connectivity index (χ3n) is 1.95. The second kappa shape index (κ2) is 7.80. The van der Waals surface area contributed by atoms with Gasteiger partial charge in [0.15, 0.2) is 0 Å². The Morgan fingerprint density at radius 1 is 1.61 bits per heavy atom. The average Bonchev–Trinajstić information content (AvgIpc) is 2.20. The lowest BCUT2D eigenvalue weighted by molar-refractivity contribution is -0.0265. The van der Waals surface area contributed by atoms with E-state index in [1.807, 2.05) is 0 Å². The molecule has 0 aliphatic rings. The number of nitrogens with zero attached hydrogens (tertiary/aromatic N) is 1. The summed E-state index contributed by atoms with van der Waals surface area (Å²) in [4.78, 5) is 20.5. The van der Waals surface area contributed by atoms with Crippen LogP contribution >= 0.6 is 7.82 Å². The molecule has 0 aromatic carbocycles. The zero-order chi connectivity index (χ0) is 14.2. The Bertz CT molecular complexity index is 305. The van der Waals surface area contributed by atoms with E-state index >= 15 is 0 Å². The van der Waals surface area contributed by atoms with E-state index in [1.54, 1.807) is 7.05 Å². The van der Waals surface area contributed by atoms with Gasteiger partial charge in [0, 0.05) is 26.4 Å². The number of nitrogens with two attached hydrogens (primary N) is 1. The van der Waals surface area contributed by atoms with Crippen LogP contribution in [0.2, 0.25) is 0 Å². The first-order chi connectivity index (χ1) is 8.16. The standard InChI is InChI=1S/C8H20N3O6P/c1-10-6-11-3-2-8(9,13)4-7(12)5-17-18(14,15)16/h6-7,12-13H,2-5,9H2,1H3,(H,10,11)(H2,14,15,16)/t7-,8+/m0/s1. The molecule has 0 rings (SSSR count). The maximum atomic E-state index is 10.4. The van der Waals surface area contributed by atoms with E-state index < -0.39 is 26.3 Å². The van der Waals surface area contributed by atoms with Crippen molar-refractivity contribution in [1.29, 1.82) is 0 Å². The van der Waals surface area contributed by atoms with E-state index in [2.05, 4.69) is 14.8 Å². The Balaban J connectivity index is 3.95. The van der Waals surface area contributed by atoms with Crippen LogP contribution in [0.15, 0.2) is 4.99 Å². The van der Waals surface area contributed by atoms with Gasteiger partial charge in [0.05, 0.1) is 19.0 Å². The van der Waals surface area contributed by atoms with Crippen molar-refractivity contribution in [2.75, 3.05) is 20.2 Å². The Morgan fingerprint density at radius 3 is 2.72 bits per heavy atom. The SMILES string of the molecule is CN=CNCC[C@@](N)(O)C[C@H](O)COP(=O)(O)O. The van der Waals surface area contributed by atoms with E-state index in [-0.39, 0.29) is 12.8 Å². The fourth-order valence-electron chi connectivity index (χ4n) is 1.20. The number of hydrogen-bond acceptors (Lipinski definition) is 6. The van der Waals surface area contributed by atoms with Gasteiger partial charge in [0.1, 0.15) is 5.72 Å². The molecule has 0 aromatic rings. The van der Waals surface area contributed by atoms with Crippen molar-refractivity contribution in [3.05, 3.63) is 0 Å². The fourth-order valence-corrected chi connectivity index (χ4v) is 1.56. The Labute approximate surface area is 105 Å². The average molecular weight is 285 g/mol. The van der Waals surface area contributed by atoms with Gasteiger partial charge in [-0.05, 0) is 0 Å². The molecule has 0 aliphatic carbocycles. The summed E-state index contributed by atoms with van der Waals surface area (Å²) in [6.07, 6.45) is 0.0281. The number of aliphatic hydroxyl groups excluding tert-OH is 1. The van der Waals surface area contributed by atoms with Gasteiger partial charge in [-0.3, -0.25) is 9.52 Å². The smallest absolute Gasteiger partial charge is 0.391 e. The Kier molecular flexibility index (Phi) is 7.56. The zero-order valence-corrected chi connectivity index (χ0v) is 11.0. The molecule has 0 saturated carbocycles. The van der Waals surface area contributed by atoms with Crippen LogP contribution in [0.5, 0.6) is 0 Å². The van der Waals surface area contributed by atoms with Gasteiger partial charge in [-0.25, -0.2) is 4.57 Å². The first kappa shape index (κ1) is 17.5. The van der Waals surface area contributed by atoms with Crippen molar-refractivity contribution in [2.24, 2.45) is 10.7 Å². The highest BCUT2D eigenvalue weighted by atomic mass is 31.2. The zero-order valence-electron chi connectivity index (χ0n) is 10.1. The van der Waals surface area contributed by atoms with Crippen LogP contribution < -0.4 is 11.1 Å². The second-order valence-electron chi connectivity index (χ2n) is 3.84. The van der Waals surface area contributed by atoms with Crippen LogP contribution in [0.4, 0.5) is 0 Å². The molecule has 7 N–H and O–H groups in total. The molecule has 0 aliphatic heterocycles. The van der Waals surface area contributed by atoms with Crippen molar-refractivity contribution in [2.45, 2.75) is 24.7 Å². The van der Waals surface area contributed by atoms with Crippen LogP contribution in [0, 0.1) is 0 Å². The number of phosphoric ester groups is 1. The van der Waals surface area contributed by atoms with Gasteiger partial charge >= 0.3 is 7.82 Å². The van der Waals surface area contributed by atoms with Crippen molar-refractivity contribution < 1.29 is 29.1 Å². The monoisotopic (exact) mass is 285 g/mol. The van der Waals surface area contributed by atoms with Gasteiger partial charge in [0.25, 0.3) is 0 Å². The van der Waals surface area contributed by atoms with Gasteiger partial charge in [-0.15, -0.1) is 0 Å². The Morgan fingerprint density at radius 2 is 2.22 bits per heavy atom. The van der Waals surface area contributed by atoms with E-state index in [0.29, 0.717) is 6.54 Å². The minimum Gasteiger partial charge on any atom is -0.391 e. The summed E-state index contributed by atoms with van der Waals surface area (Å²) in [5, 5.41) is 21.8. The normalized spacial score (nSPS) is 17.7. The minimum absolute atomic E-state index is 0.131. The summed E-state index contributed by atoms with van der Waals surface area (Å²) in [6, 6.07) is 0. The molecule has 0 unspecified atom stereocenters. The molecule has 18 heavy (non-hydrogen) atoms. The molecule has 10 heteroatoms. The summed E-state index contributed by atoms with van der Waals surface area (Å²) in [7, 11) is -3.05. The third-order valence-corrected chi connectivity index (χ3v) is 2.43. The van der Waals surface area contributed by atoms with E-state index in [0.717, 1.165) is 0 Å². The quantitative estimate of drug-likeness (QED) is 0.0945. The molecular weight excluding hydrogens is 265 g/mol. The van der Waals surface area contributed by atoms with E-state index in [4.69, 9.17) is 15.5 Å². The maximum absolute atomic E-state index is 10.4.